The molecule has 0 radical (unpaired) electrons. The van der Waals surface area contributed by atoms with Crippen LogP contribution in [-0.2, 0) is 0 Å². The Morgan fingerprint density at radius 2 is 1.85 bits per heavy atom. The maximum Gasteiger partial charge on any atom is 0.272 e. The fourth-order valence-electron chi connectivity index (χ4n) is 2.21. The number of nitrogens with zero attached hydrogens (tertiary/aromatic N) is 1. The van der Waals surface area contributed by atoms with E-state index in [1.807, 2.05) is 25.1 Å². The van der Waals surface area contributed by atoms with Crippen LogP contribution in [0.1, 0.15) is 21.7 Å². The summed E-state index contributed by atoms with van der Waals surface area (Å²) < 4.78 is 5.69. The molecule has 1 heterocycles. The molecule has 0 aliphatic heterocycles. The summed E-state index contributed by atoms with van der Waals surface area (Å²) in [6.07, 6.45) is 1.40. The molecule has 0 atom stereocenters. The molecule has 132 valence electrons. The standard InChI is InChI=1S/C19H13Cl3N2O2/c1-11-2-3-12(8-16(11)21)18-7-5-14(26-18)10-23-24-19(25)15-6-4-13(20)9-17(15)22/h2-10H,1H3,(H,24,25)/b23-10+. The molecule has 0 fully saturated rings. The Balaban J connectivity index is 1.68. The molecular formula is C19H13Cl3N2O2. The number of hydrazone groups is 1. The molecule has 4 nitrogen and oxygen atoms in total. The third kappa shape index (κ3) is 4.28. The SMILES string of the molecule is Cc1ccc(-c2ccc(/C=N/NC(=O)c3ccc(Cl)cc3Cl)o2)cc1Cl. The van der Waals surface area contributed by atoms with Gasteiger partial charge in [-0.05, 0) is 48.9 Å². The quantitative estimate of drug-likeness (QED) is 0.427. The van der Waals surface area contributed by atoms with Gasteiger partial charge in [0.2, 0.25) is 0 Å². The first-order chi connectivity index (χ1) is 12.4. The summed E-state index contributed by atoms with van der Waals surface area (Å²) in [5.74, 6) is 0.694. The van der Waals surface area contributed by atoms with Crippen molar-refractivity contribution in [3.8, 4) is 11.3 Å². The Morgan fingerprint density at radius 3 is 2.58 bits per heavy atom. The van der Waals surface area contributed by atoms with Crippen LogP contribution in [0.15, 0.2) is 58.0 Å². The summed E-state index contributed by atoms with van der Waals surface area (Å²) in [7, 11) is 0. The first-order valence-electron chi connectivity index (χ1n) is 7.59. The summed E-state index contributed by atoms with van der Waals surface area (Å²) in [4.78, 5) is 12.1. The molecule has 3 rings (SSSR count). The molecule has 0 saturated heterocycles. The van der Waals surface area contributed by atoms with Crippen LogP contribution in [0.3, 0.4) is 0 Å². The van der Waals surface area contributed by atoms with Crippen LogP contribution in [0.25, 0.3) is 11.3 Å². The number of carbonyl (C=O) groups excluding carboxylic acids is 1. The molecule has 1 aromatic heterocycles. The van der Waals surface area contributed by atoms with E-state index >= 15 is 0 Å². The smallest absolute Gasteiger partial charge is 0.272 e. The topological polar surface area (TPSA) is 54.6 Å². The van der Waals surface area contributed by atoms with Gasteiger partial charge in [-0.2, -0.15) is 5.10 Å². The van der Waals surface area contributed by atoms with Gasteiger partial charge in [0.05, 0.1) is 16.8 Å². The number of nitrogens with one attached hydrogen (secondary N) is 1. The molecule has 0 aliphatic rings. The molecule has 0 aliphatic carbocycles. The van der Waals surface area contributed by atoms with Crippen LogP contribution in [0.4, 0.5) is 0 Å². The second kappa shape index (κ2) is 7.96. The lowest BCUT2D eigenvalue weighted by Gasteiger charge is -2.02. The van der Waals surface area contributed by atoms with Gasteiger partial charge in [0.1, 0.15) is 11.5 Å². The van der Waals surface area contributed by atoms with Crippen LogP contribution in [0, 0.1) is 6.92 Å². The molecule has 2 aromatic carbocycles. The van der Waals surface area contributed by atoms with Crippen molar-refractivity contribution in [2.45, 2.75) is 6.92 Å². The number of aryl methyl sites for hydroxylation is 1. The summed E-state index contributed by atoms with van der Waals surface area (Å²) in [6, 6.07) is 13.8. The average molecular weight is 408 g/mol. The number of hydrogen-bond donors (Lipinski definition) is 1. The average Bonchev–Trinajstić information content (AvgIpc) is 3.06. The molecule has 0 unspecified atom stereocenters. The van der Waals surface area contributed by atoms with Crippen LogP contribution < -0.4 is 5.43 Å². The Morgan fingerprint density at radius 1 is 1.04 bits per heavy atom. The molecule has 7 heteroatoms. The van der Waals surface area contributed by atoms with E-state index in [1.165, 1.54) is 18.3 Å². The van der Waals surface area contributed by atoms with Crippen LogP contribution in [0.2, 0.25) is 15.1 Å². The van der Waals surface area contributed by atoms with Crippen LogP contribution in [-0.4, -0.2) is 12.1 Å². The predicted octanol–water partition coefficient (Wildman–Crippen LogP) is 5.98. The molecular weight excluding hydrogens is 395 g/mol. The summed E-state index contributed by atoms with van der Waals surface area (Å²) in [6.45, 7) is 1.93. The Bertz CT molecular complexity index is 996. The van der Waals surface area contributed by atoms with E-state index in [1.54, 1.807) is 18.2 Å². The number of halogens is 3. The third-order valence-electron chi connectivity index (χ3n) is 3.62. The second-order valence-electron chi connectivity index (χ2n) is 5.49. The number of benzene rings is 2. The van der Waals surface area contributed by atoms with E-state index in [0.717, 1.165) is 11.1 Å². The molecule has 0 saturated carbocycles. The van der Waals surface area contributed by atoms with Crippen LogP contribution in [0.5, 0.6) is 0 Å². The first-order valence-corrected chi connectivity index (χ1v) is 8.72. The highest BCUT2D eigenvalue weighted by Crippen LogP contribution is 2.26. The zero-order valence-electron chi connectivity index (χ0n) is 13.6. The maximum absolute atomic E-state index is 12.1. The molecule has 1 amide bonds. The van der Waals surface area contributed by atoms with Crippen molar-refractivity contribution in [3.05, 3.63) is 80.5 Å². The Hall–Kier alpha value is -2.27. The van der Waals surface area contributed by atoms with Gasteiger partial charge in [-0.15, -0.1) is 0 Å². The lowest BCUT2D eigenvalue weighted by atomic mass is 10.1. The third-order valence-corrected chi connectivity index (χ3v) is 4.57. The van der Waals surface area contributed by atoms with E-state index < -0.39 is 5.91 Å². The minimum Gasteiger partial charge on any atom is -0.455 e. The predicted molar refractivity (Wildman–Crippen MR) is 105 cm³/mol. The Kier molecular flexibility index (Phi) is 5.67. The van der Waals surface area contributed by atoms with Crippen molar-refractivity contribution >= 4 is 46.9 Å². The number of hydrogen-bond acceptors (Lipinski definition) is 3. The number of furan rings is 1. The zero-order chi connectivity index (χ0) is 18.7. The van der Waals surface area contributed by atoms with E-state index in [-0.39, 0.29) is 10.6 Å². The van der Waals surface area contributed by atoms with Gasteiger partial charge < -0.3 is 4.42 Å². The normalized spacial score (nSPS) is 11.1. The van der Waals surface area contributed by atoms with Gasteiger partial charge in [0.15, 0.2) is 0 Å². The number of amides is 1. The summed E-state index contributed by atoms with van der Waals surface area (Å²) >= 11 is 17.9. The van der Waals surface area contributed by atoms with Crippen molar-refractivity contribution in [1.82, 2.24) is 5.43 Å². The van der Waals surface area contributed by atoms with Crippen molar-refractivity contribution in [3.63, 3.8) is 0 Å². The fourth-order valence-corrected chi connectivity index (χ4v) is 2.89. The maximum atomic E-state index is 12.1. The van der Waals surface area contributed by atoms with Crippen molar-refractivity contribution in [1.29, 1.82) is 0 Å². The number of carbonyl (C=O) groups is 1. The monoisotopic (exact) mass is 406 g/mol. The summed E-state index contributed by atoms with van der Waals surface area (Å²) in [5.41, 5.74) is 4.53. The van der Waals surface area contributed by atoms with Crippen molar-refractivity contribution in [2.24, 2.45) is 5.10 Å². The highest BCUT2D eigenvalue weighted by molar-refractivity contribution is 6.36. The molecule has 0 bridgehead atoms. The highest BCUT2D eigenvalue weighted by atomic mass is 35.5. The van der Waals surface area contributed by atoms with Gasteiger partial charge in [0, 0.05) is 15.6 Å². The van der Waals surface area contributed by atoms with Crippen LogP contribution >= 0.6 is 34.8 Å². The van der Waals surface area contributed by atoms with E-state index in [4.69, 9.17) is 39.2 Å². The van der Waals surface area contributed by atoms with Gasteiger partial charge in [0.25, 0.3) is 5.91 Å². The van der Waals surface area contributed by atoms with Crippen molar-refractivity contribution in [2.75, 3.05) is 0 Å². The molecule has 0 spiro atoms. The largest absolute Gasteiger partial charge is 0.455 e. The van der Waals surface area contributed by atoms with Gasteiger partial charge in [-0.25, -0.2) is 5.43 Å². The van der Waals surface area contributed by atoms with Gasteiger partial charge in [-0.1, -0.05) is 46.9 Å². The first kappa shape index (κ1) is 18.5. The zero-order valence-corrected chi connectivity index (χ0v) is 15.9. The highest BCUT2D eigenvalue weighted by Gasteiger charge is 2.10. The summed E-state index contributed by atoms with van der Waals surface area (Å²) in [5, 5.41) is 5.26. The van der Waals surface area contributed by atoms with Crippen molar-refractivity contribution < 1.29 is 9.21 Å². The second-order valence-corrected chi connectivity index (χ2v) is 6.74. The lowest BCUT2D eigenvalue weighted by molar-refractivity contribution is 0.0955. The Labute approximate surface area is 165 Å². The fraction of sp³-hybridized carbons (Fsp3) is 0.0526. The number of rotatable bonds is 4. The minimum absolute atomic E-state index is 0.252. The van der Waals surface area contributed by atoms with E-state index in [2.05, 4.69) is 10.5 Å². The molecule has 1 N–H and O–H groups in total. The lowest BCUT2D eigenvalue weighted by Crippen LogP contribution is -2.17. The van der Waals surface area contributed by atoms with E-state index in [0.29, 0.717) is 21.6 Å². The molecule has 3 aromatic rings. The minimum atomic E-state index is -0.444. The van der Waals surface area contributed by atoms with E-state index in [9.17, 15) is 4.79 Å². The van der Waals surface area contributed by atoms with Gasteiger partial charge >= 0.3 is 0 Å². The molecule has 26 heavy (non-hydrogen) atoms. The van der Waals surface area contributed by atoms with Gasteiger partial charge in [-0.3, -0.25) is 4.79 Å².